The number of benzene rings is 19. The lowest BCUT2D eigenvalue weighted by molar-refractivity contribution is 1.12. The third kappa shape index (κ3) is 12.6. The van der Waals surface area contributed by atoms with E-state index in [1.165, 1.54) is 86.7 Å². The first kappa shape index (κ1) is 75.5. The highest BCUT2D eigenvalue weighted by molar-refractivity contribution is 6.15. The van der Waals surface area contributed by atoms with Crippen molar-refractivity contribution >= 4 is 131 Å². The van der Waals surface area contributed by atoms with E-state index in [2.05, 4.69) is 495 Å². The van der Waals surface area contributed by atoms with E-state index >= 15 is 0 Å². The van der Waals surface area contributed by atoms with Gasteiger partial charge in [0.25, 0.3) is 0 Å². The molecule has 0 saturated carbocycles. The Morgan fingerprint density at radius 2 is 0.303 bits per heavy atom. The number of rotatable bonds is 13. The minimum atomic E-state index is 0.650. The Morgan fingerprint density at radius 1 is 0.114 bits per heavy atom. The van der Waals surface area contributed by atoms with Gasteiger partial charge in [-0.3, -0.25) is 0 Å². The Kier molecular flexibility index (Phi) is 17.7. The highest BCUT2D eigenvalue weighted by Crippen LogP contribution is 2.44. The van der Waals surface area contributed by atoms with Crippen molar-refractivity contribution in [1.29, 1.82) is 0 Å². The van der Waals surface area contributed by atoms with Crippen LogP contribution >= 0.6 is 0 Å². The van der Waals surface area contributed by atoms with Gasteiger partial charge in [0.1, 0.15) is 0 Å². The molecule has 0 aliphatic carbocycles. The van der Waals surface area contributed by atoms with Gasteiger partial charge in [-0.05, 0) is 163 Å². The SMILES string of the molecule is c1ccc(-c2cc(-c3ccc(-n4c5ccccc5c5ccccc54)cc3)nc(-c3cc(-n4c5ccccc5c5ccccc54)cc(-n4c5ccccc5c5ccccc54)c3)n2)cc1.c1ccc(-c2cc(-c3cccc(-c4ccc(-n5c6ccccc6c6ccccc65)cc4)c3)nc(-c3cc(-n4c5ccccc5c5ccccc54)cc(-n4c5ccccc5c5ccccc54)c3)n2)cc1. The lowest BCUT2D eigenvalue weighted by Gasteiger charge is -2.16. The maximum Gasteiger partial charge on any atom is 0.160 e. The van der Waals surface area contributed by atoms with E-state index in [0.29, 0.717) is 11.6 Å². The van der Waals surface area contributed by atoms with Gasteiger partial charge in [-0.25, -0.2) is 19.9 Å². The predicted octanol–water partition coefficient (Wildman–Crippen LogP) is 31.2. The fourth-order valence-electron chi connectivity index (χ4n) is 20.6. The van der Waals surface area contributed by atoms with Crippen molar-refractivity contribution in [2.75, 3.05) is 0 Å². The molecule has 27 rings (SSSR count). The van der Waals surface area contributed by atoms with Crippen LogP contribution in [0.4, 0.5) is 0 Å². The third-order valence-electron chi connectivity index (χ3n) is 26.5. The molecule has 0 aliphatic rings. The summed E-state index contributed by atoms with van der Waals surface area (Å²) in [6, 6.07) is 169. The maximum atomic E-state index is 5.50. The molecule has 0 spiro atoms. The van der Waals surface area contributed by atoms with Crippen molar-refractivity contribution in [3.8, 4) is 113 Å². The van der Waals surface area contributed by atoms with Gasteiger partial charge in [0.05, 0.1) is 89.0 Å². The largest absolute Gasteiger partial charge is 0.309 e. The molecule has 0 atom stereocenters. The fourth-order valence-corrected chi connectivity index (χ4v) is 20.6. The predicted molar refractivity (Wildman–Crippen MR) is 548 cm³/mol. The van der Waals surface area contributed by atoms with Gasteiger partial charge in [0.15, 0.2) is 11.6 Å². The van der Waals surface area contributed by atoms with E-state index in [1.807, 2.05) is 6.07 Å². The quantitative estimate of drug-likeness (QED) is 0.115. The molecular formula is C122H78N10. The summed E-state index contributed by atoms with van der Waals surface area (Å²) < 4.78 is 14.3. The summed E-state index contributed by atoms with van der Waals surface area (Å²) in [4.78, 5) is 21.8. The molecule has 0 bridgehead atoms. The second-order valence-electron chi connectivity index (χ2n) is 34.0. The van der Waals surface area contributed by atoms with Gasteiger partial charge in [-0.1, -0.05) is 322 Å². The first-order valence-corrected chi connectivity index (χ1v) is 44.9. The Labute approximate surface area is 759 Å². The maximum absolute atomic E-state index is 5.50. The van der Waals surface area contributed by atoms with Crippen LogP contribution in [-0.2, 0) is 0 Å². The van der Waals surface area contributed by atoms with Crippen LogP contribution in [0.3, 0.4) is 0 Å². The summed E-state index contributed by atoms with van der Waals surface area (Å²) in [7, 11) is 0. The average Bonchev–Trinajstić information content (AvgIpc) is 1.57. The van der Waals surface area contributed by atoms with E-state index in [4.69, 9.17) is 19.9 Å². The standard InChI is InChI=1S/C64H41N5.C58H37N5/c1-2-17-43(18-3-1)56-41-57(45-20-16-19-44(37-45)42-33-35-47(36-34-42)67-58-27-10-4-21-50(58)51-22-5-11-28-59(51)67)66-64(65-56)46-38-48(68-60-29-12-6-23-52(60)53-24-7-13-30-61(53)68)40-49(39-46)69-62-31-14-8-25-54(62)55-26-9-15-32-63(55)69;1-2-16-38(17-3-1)50-37-51(39-30-32-41(33-31-39)61-52-24-10-4-18-44(52)45-19-5-11-25-53(45)61)60-58(59-50)40-34-42(62-54-26-12-6-20-46(54)47-21-7-13-27-55(47)62)36-43(35-40)63-56-28-14-8-22-48(56)49-23-9-15-29-57(49)63/h1-41H;1-37H. The van der Waals surface area contributed by atoms with Crippen LogP contribution in [0.5, 0.6) is 0 Å². The summed E-state index contributed by atoms with van der Waals surface area (Å²) in [5.41, 5.74) is 31.9. The van der Waals surface area contributed by atoms with Gasteiger partial charge >= 0.3 is 0 Å². The number of para-hydroxylation sites is 12. The minimum Gasteiger partial charge on any atom is -0.309 e. The molecule has 0 saturated heterocycles. The van der Waals surface area contributed by atoms with Crippen molar-refractivity contribution in [3.05, 3.63) is 473 Å². The number of aromatic nitrogens is 10. The number of nitrogens with zero attached hydrogens (tertiary/aromatic N) is 10. The first-order chi connectivity index (χ1) is 65.5. The second-order valence-corrected chi connectivity index (χ2v) is 34.0. The summed E-state index contributed by atoms with van der Waals surface area (Å²) >= 11 is 0. The molecular weight excluding hydrogens is 1610 g/mol. The molecule has 27 aromatic rings. The van der Waals surface area contributed by atoms with Crippen LogP contribution in [0, 0.1) is 0 Å². The van der Waals surface area contributed by atoms with Crippen molar-refractivity contribution in [2.24, 2.45) is 0 Å². The molecule has 616 valence electrons. The highest BCUT2D eigenvalue weighted by atomic mass is 15.0. The van der Waals surface area contributed by atoms with Gasteiger partial charge in [0.2, 0.25) is 0 Å². The lowest BCUT2D eigenvalue weighted by Crippen LogP contribution is -2.02. The minimum absolute atomic E-state index is 0.650. The van der Waals surface area contributed by atoms with Crippen LogP contribution < -0.4 is 0 Å². The van der Waals surface area contributed by atoms with E-state index in [-0.39, 0.29) is 0 Å². The van der Waals surface area contributed by atoms with Gasteiger partial charge in [-0.15, -0.1) is 0 Å². The molecule has 0 aliphatic heterocycles. The molecule has 132 heavy (non-hydrogen) atoms. The van der Waals surface area contributed by atoms with E-state index in [9.17, 15) is 0 Å². The van der Waals surface area contributed by atoms with E-state index in [0.717, 1.165) is 146 Å². The Bertz CT molecular complexity index is 8700. The molecule has 10 nitrogen and oxygen atoms in total. The number of hydrogen-bond donors (Lipinski definition) is 0. The van der Waals surface area contributed by atoms with Crippen molar-refractivity contribution in [3.63, 3.8) is 0 Å². The summed E-state index contributed by atoms with van der Waals surface area (Å²) in [5, 5.41) is 14.7. The summed E-state index contributed by atoms with van der Waals surface area (Å²) in [5.74, 6) is 1.30. The zero-order valence-corrected chi connectivity index (χ0v) is 71.5. The Balaban J connectivity index is 0.000000139. The molecule has 0 N–H and O–H groups in total. The van der Waals surface area contributed by atoms with Crippen LogP contribution in [-0.4, -0.2) is 47.3 Å². The lowest BCUT2D eigenvalue weighted by atomic mass is 10.00. The van der Waals surface area contributed by atoms with Crippen LogP contribution in [0.25, 0.3) is 244 Å². The van der Waals surface area contributed by atoms with E-state index < -0.39 is 0 Å². The molecule has 0 amide bonds. The van der Waals surface area contributed by atoms with Crippen molar-refractivity contribution < 1.29 is 0 Å². The Hall–Kier alpha value is -17.9. The zero-order chi connectivity index (χ0) is 86.9. The smallest absolute Gasteiger partial charge is 0.160 e. The zero-order valence-electron chi connectivity index (χ0n) is 71.5. The summed E-state index contributed by atoms with van der Waals surface area (Å²) in [6.45, 7) is 0. The molecule has 0 radical (unpaired) electrons. The highest BCUT2D eigenvalue weighted by Gasteiger charge is 2.25. The second kappa shape index (κ2) is 31.0. The fraction of sp³-hybridized carbons (Fsp3) is 0. The third-order valence-corrected chi connectivity index (χ3v) is 26.5. The molecule has 8 aromatic heterocycles. The topological polar surface area (TPSA) is 81.1 Å². The molecule has 0 unspecified atom stereocenters. The van der Waals surface area contributed by atoms with Crippen LogP contribution in [0.1, 0.15) is 0 Å². The van der Waals surface area contributed by atoms with Gasteiger partial charge in [-0.2, -0.15) is 0 Å². The monoisotopic (exact) mass is 1680 g/mol. The molecule has 10 heteroatoms. The molecule has 19 aromatic carbocycles. The normalized spacial score (nSPS) is 11.8. The first-order valence-electron chi connectivity index (χ1n) is 44.9. The molecule has 0 fully saturated rings. The number of fused-ring (bicyclic) bond motifs is 18. The van der Waals surface area contributed by atoms with Crippen molar-refractivity contribution in [2.45, 2.75) is 0 Å². The van der Waals surface area contributed by atoms with Crippen molar-refractivity contribution in [1.82, 2.24) is 47.3 Å². The van der Waals surface area contributed by atoms with Gasteiger partial charge < -0.3 is 27.4 Å². The average molecular weight is 1680 g/mol. The molecule has 8 heterocycles. The Morgan fingerprint density at radius 3 is 0.553 bits per heavy atom. The van der Waals surface area contributed by atoms with Crippen LogP contribution in [0.15, 0.2) is 473 Å². The van der Waals surface area contributed by atoms with Crippen LogP contribution in [0.2, 0.25) is 0 Å². The number of hydrogen-bond acceptors (Lipinski definition) is 4. The summed E-state index contributed by atoms with van der Waals surface area (Å²) in [6.07, 6.45) is 0. The van der Waals surface area contributed by atoms with Gasteiger partial charge in [0, 0.05) is 132 Å². The van der Waals surface area contributed by atoms with E-state index in [1.54, 1.807) is 0 Å².